The summed E-state index contributed by atoms with van der Waals surface area (Å²) in [5.74, 6) is -1.01. The van der Waals surface area contributed by atoms with Crippen LogP contribution in [0.15, 0.2) is 0 Å². The molecular formula is C6H12O5S. The lowest BCUT2D eigenvalue weighted by molar-refractivity contribution is -0.142. The molecule has 0 bridgehead atoms. The van der Waals surface area contributed by atoms with E-state index in [1.54, 1.807) is 0 Å². The second-order valence-corrected chi connectivity index (χ2v) is 4.69. The summed E-state index contributed by atoms with van der Waals surface area (Å²) in [4.78, 5) is 9.92. The number of aliphatic carboxylic acids is 1. The molecule has 0 aliphatic carbocycles. The smallest absolute Gasteiger partial charge is 0.329 e. The Morgan fingerprint density at radius 3 is 2.50 bits per heavy atom. The van der Waals surface area contributed by atoms with Gasteiger partial charge in [0.1, 0.15) is 16.4 Å². The number of hydrogen-bond donors (Lipinski definition) is 1. The van der Waals surface area contributed by atoms with Gasteiger partial charge >= 0.3 is 5.97 Å². The minimum Gasteiger partial charge on any atom is -0.480 e. The average molecular weight is 196 g/mol. The highest BCUT2D eigenvalue weighted by Crippen LogP contribution is 1.89. The SMILES string of the molecule is CS(=O)(=O)CCCOCC(=O)O. The molecule has 0 unspecified atom stereocenters. The van der Waals surface area contributed by atoms with Crippen LogP contribution < -0.4 is 0 Å². The highest BCUT2D eigenvalue weighted by Gasteiger charge is 2.01. The molecule has 1 N–H and O–H groups in total. The fourth-order valence-electron chi connectivity index (χ4n) is 0.583. The van der Waals surface area contributed by atoms with Gasteiger partial charge in [-0.15, -0.1) is 0 Å². The molecule has 0 aromatic rings. The molecule has 0 spiro atoms. The Hall–Kier alpha value is -0.620. The molecule has 0 rings (SSSR count). The lowest BCUT2D eigenvalue weighted by atomic mass is 10.5. The Balaban J connectivity index is 3.29. The predicted molar refractivity (Wildman–Crippen MR) is 42.8 cm³/mol. The van der Waals surface area contributed by atoms with E-state index in [4.69, 9.17) is 5.11 Å². The van der Waals surface area contributed by atoms with Crippen LogP contribution in [0.4, 0.5) is 0 Å². The number of carboxylic acids is 1. The van der Waals surface area contributed by atoms with E-state index in [2.05, 4.69) is 4.74 Å². The first-order valence-corrected chi connectivity index (χ1v) is 5.45. The number of carbonyl (C=O) groups is 1. The number of hydrogen-bond acceptors (Lipinski definition) is 4. The Morgan fingerprint density at radius 2 is 2.08 bits per heavy atom. The first-order valence-electron chi connectivity index (χ1n) is 3.39. The Kier molecular flexibility index (Phi) is 4.84. The average Bonchev–Trinajstić information content (AvgIpc) is 1.83. The van der Waals surface area contributed by atoms with Gasteiger partial charge in [0.25, 0.3) is 0 Å². The number of ether oxygens (including phenoxy) is 1. The lowest BCUT2D eigenvalue weighted by Crippen LogP contribution is -2.11. The molecule has 0 atom stereocenters. The molecule has 72 valence electrons. The van der Waals surface area contributed by atoms with Crippen LogP contribution >= 0.6 is 0 Å². The maximum atomic E-state index is 10.6. The molecular weight excluding hydrogens is 184 g/mol. The summed E-state index contributed by atoms with van der Waals surface area (Å²) in [6.45, 7) is -0.205. The van der Waals surface area contributed by atoms with Crippen molar-refractivity contribution in [2.75, 3.05) is 25.2 Å². The van der Waals surface area contributed by atoms with E-state index in [1.807, 2.05) is 0 Å². The third kappa shape index (κ3) is 9.38. The van der Waals surface area contributed by atoms with Crippen molar-refractivity contribution in [2.24, 2.45) is 0 Å². The number of rotatable bonds is 6. The van der Waals surface area contributed by atoms with Crippen LogP contribution in [0.2, 0.25) is 0 Å². The zero-order valence-corrected chi connectivity index (χ0v) is 7.63. The normalized spacial score (nSPS) is 11.4. The van der Waals surface area contributed by atoms with E-state index < -0.39 is 15.8 Å². The molecule has 0 amide bonds. The lowest BCUT2D eigenvalue weighted by Gasteiger charge is -1.99. The second-order valence-electron chi connectivity index (χ2n) is 2.43. The van der Waals surface area contributed by atoms with Crippen molar-refractivity contribution in [3.8, 4) is 0 Å². The van der Waals surface area contributed by atoms with E-state index in [-0.39, 0.29) is 19.0 Å². The molecule has 0 saturated carbocycles. The van der Waals surface area contributed by atoms with E-state index in [9.17, 15) is 13.2 Å². The van der Waals surface area contributed by atoms with Crippen LogP contribution in [0.5, 0.6) is 0 Å². The van der Waals surface area contributed by atoms with Crippen LogP contribution in [0, 0.1) is 0 Å². The van der Waals surface area contributed by atoms with Crippen molar-refractivity contribution >= 4 is 15.8 Å². The van der Waals surface area contributed by atoms with Gasteiger partial charge in [0.2, 0.25) is 0 Å². The van der Waals surface area contributed by atoms with Gasteiger partial charge in [0.05, 0.1) is 5.75 Å². The van der Waals surface area contributed by atoms with Gasteiger partial charge in [-0.25, -0.2) is 13.2 Å². The third-order valence-corrected chi connectivity index (χ3v) is 2.06. The Labute approximate surface area is 71.3 Å². The molecule has 0 fully saturated rings. The molecule has 5 nitrogen and oxygen atoms in total. The van der Waals surface area contributed by atoms with Gasteiger partial charge in [0.15, 0.2) is 0 Å². The molecule has 0 aliphatic rings. The largest absolute Gasteiger partial charge is 0.480 e. The minimum atomic E-state index is -2.95. The molecule has 0 aromatic carbocycles. The van der Waals surface area contributed by atoms with Crippen LogP contribution in [0.3, 0.4) is 0 Å². The van der Waals surface area contributed by atoms with E-state index in [0.717, 1.165) is 6.26 Å². The summed E-state index contributed by atoms with van der Waals surface area (Å²) in [5, 5.41) is 8.13. The van der Waals surface area contributed by atoms with Gasteiger partial charge in [-0.05, 0) is 6.42 Å². The summed E-state index contributed by atoms with van der Waals surface area (Å²) in [6.07, 6.45) is 1.47. The predicted octanol–water partition coefficient (Wildman–Crippen LogP) is -0.478. The van der Waals surface area contributed by atoms with Crippen molar-refractivity contribution in [1.29, 1.82) is 0 Å². The van der Waals surface area contributed by atoms with Gasteiger partial charge in [-0.1, -0.05) is 0 Å². The molecule has 0 heterocycles. The van der Waals surface area contributed by atoms with Crippen LogP contribution in [0.1, 0.15) is 6.42 Å². The van der Waals surface area contributed by atoms with Gasteiger partial charge < -0.3 is 9.84 Å². The Morgan fingerprint density at radius 1 is 1.50 bits per heavy atom. The highest BCUT2D eigenvalue weighted by molar-refractivity contribution is 7.90. The number of sulfone groups is 1. The second kappa shape index (κ2) is 5.10. The molecule has 6 heteroatoms. The van der Waals surface area contributed by atoms with Crippen molar-refractivity contribution in [3.63, 3.8) is 0 Å². The van der Waals surface area contributed by atoms with E-state index in [0.29, 0.717) is 6.42 Å². The maximum Gasteiger partial charge on any atom is 0.329 e. The quantitative estimate of drug-likeness (QED) is 0.580. The molecule has 0 radical (unpaired) electrons. The van der Waals surface area contributed by atoms with Crippen molar-refractivity contribution < 1.29 is 23.1 Å². The van der Waals surface area contributed by atoms with Crippen LogP contribution in [-0.2, 0) is 19.4 Å². The summed E-state index contributed by atoms with van der Waals surface area (Å²) in [6, 6.07) is 0. The highest BCUT2D eigenvalue weighted by atomic mass is 32.2. The monoisotopic (exact) mass is 196 g/mol. The zero-order chi connectivity index (χ0) is 9.61. The summed E-state index contributed by atoms with van der Waals surface area (Å²) < 4.78 is 25.7. The first-order chi connectivity index (χ1) is 5.42. The third-order valence-electron chi connectivity index (χ3n) is 1.03. The van der Waals surface area contributed by atoms with Gasteiger partial charge in [0, 0.05) is 12.9 Å². The zero-order valence-electron chi connectivity index (χ0n) is 6.82. The maximum absolute atomic E-state index is 10.6. The number of carboxylic acid groups (broad SMARTS) is 1. The van der Waals surface area contributed by atoms with E-state index >= 15 is 0 Å². The summed E-state index contributed by atoms with van der Waals surface area (Å²) >= 11 is 0. The van der Waals surface area contributed by atoms with Crippen molar-refractivity contribution in [2.45, 2.75) is 6.42 Å². The molecule has 12 heavy (non-hydrogen) atoms. The fraction of sp³-hybridized carbons (Fsp3) is 0.833. The minimum absolute atomic E-state index is 0.0343. The molecule has 0 saturated heterocycles. The fourth-order valence-corrected chi connectivity index (χ4v) is 1.22. The van der Waals surface area contributed by atoms with Crippen LogP contribution in [0.25, 0.3) is 0 Å². The van der Waals surface area contributed by atoms with Crippen molar-refractivity contribution in [3.05, 3.63) is 0 Å². The first kappa shape index (κ1) is 11.4. The Bertz CT molecular complexity index is 230. The van der Waals surface area contributed by atoms with Gasteiger partial charge in [-0.3, -0.25) is 0 Å². The van der Waals surface area contributed by atoms with Gasteiger partial charge in [-0.2, -0.15) is 0 Å². The standard InChI is InChI=1S/C6H12O5S/c1-12(9,10)4-2-3-11-5-6(7)8/h2-5H2,1H3,(H,7,8). The topological polar surface area (TPSA) is 80.7 Å². The van der Waals surface area contributed by atoms with Crippen LogP contribution in [-0.4, -0.2) is 44.7 Å². The van der Waals surface area contributed by atoms with E-state index in [1.165, 1.54) is 0 Å². The summed E-state index contributed by atoms with van der Waals surface area (Å²) in [7, 11) is -2.95. The van der Waals surface area contributed by atoms with Crippen molar-refractivity contribution in [1.82, 2.24) is 0 Å². The molecule has 0 aromatic heterocycles. The summed E-state index contributed by atoms with van der Waals surface area (Å²) in [5.41, 5.74) is 0. The molecule has 0 aliphatic heterocycles.